The number of hydrogen-bond acceptors (Lipinski definition) is 5. The second-order valence-electron chi connectivity index (χ2n) is 6.65. The first-order valence-corrected chi connectivity index (χ1v) is 10.2. The van der Waals surface area contributed by atoms with Crippen molar-refractivity contribution < 1.29 is 24.2 Å². The van der Waals surface area contributed by atoms with Crippen LogP contribution in [0.15, 0.2) is 51.9 Å². The van der Waals surface area contributed by atoms with Crippen LogP contribution in [-0.4, -0.2) is 36.4 Å². The molecule has 0 saturated carbocycles. The summed E-state index contributed by atoms with van der Waals surface area (Å²) in [7, 11) is 1.41. The van der Waals surface area contributed by atoms with Gasteiger partial charge in [0, 0.05) is 16.8 Å². The third-order valence-corrected chi connectivity index (χ3v) is 4.81. The molecule has 0 amide bonds. The van der Waals surface area contributed by atoms with E-state index < -0.39 is 18.0 Å². The van der Waals surface area contributed by atoms with Crippen molar-refractivity contribution in [3.05, 3.63) is 63.1 Å². The Morgan fingerprint density at radius 3 is 2.40 bits per heavy atom. The number of carboxylic acids is 1. The van der Waals surface area contributed by atoms with E-state index in [2.05, 4.69) is 20.9 Å². The van der Waals surface area contributed by atoms with Gasteiger partial charge in [0.05, 0.1) is 12.1 Å². The van der Waals surface area contributed by atoms with E-state index in [9.17, 15) is 14.7 Å². The fourth-order valence-corrected chi connectivity index (χ4v) is 3.00. The maximum atomic E-state index is 12.2. The number of carbonyl (C=O) groups excluding carboxylic acids is 1. The standard InChI is InChI=1S/C22H21BrClNO5/c1-13(2)20(22(27)28)25-12-15-10-17(24)21(18(11-15)29-3)30-19(26)9-6-14-4-7-16(23)8-5-14/h4-13,20H,1-3H3,(H,27,28)/b9-6+,25-12+. The van der Waals surface area contributed by atoms with Crippen LogP contribution in [0.3, 0.4) is 0 Å². The van der Waals surface area contributed by atoms with E-state index in [0.717, 1.165) is 10.0 Å². The number of carbonyl (C=O) groups is 2. The number of carboxylic acid groups (broad SMARTS) is 1. The summed E-state index contributed by atoms with van der Waals surface area (Å²) in [6.07, 6.45) is 4.31. The average Bonchev–Trinajstić information content (AvgIpc) is 2.68. The van der Waals surface area contributed by atoms with E-state index in [1.165, 1.54) is 25.5 Å². The lowest BCUT2D eigenvalue weighted by Gasteiger charge is -2.12. The minimum atomic E-state index is -1.01. The van der Waals surface area contributed by atoms with Gasteiger partial charge in [0.25, 0.3) is 0 Å². The zero-order valence-corrected chi connectivity index (χ0v) is 19.0. The number of esters is 1. The molecule has 2 aromatic carbocycles. The van der Waals surface area contributed by atoms with Gasteiger partial charge in [-0.1, -0.05) is 53.5 Å². The van der Waals surface area contributed by atoms with Crippen molar-refractivity contribution >= 4 is 51.8 Å². The third kappa shape index (κ3) is 6.71. The number of halogens is 2. The quantitative estimate of drug-likeness (QED) is 0.234. The molecule has 1 unspecified atom stereocenters. The molecule has 0 aliphatic rings. The van der Waals surface area contributed by atoms with Gasteiger partial charge in [0.15, 0.2) is 11.5 Å². The molecule has 1 N–H and O–H groups in total. The van der Waals surface area contributed by atoms with E-state index in [1.807, 2.05) is 24.3 Å². The normalized spacial score (nSPS) is 12.5. The third-order valence-electron chi connectivity index (χ3n) is 4.00. The monoisotopic (exact) mass is 493 g/mol. The number of aliphatic carboxylic acids is 1. The Bertz CT molecular complexity index is 970. The number of ether oxygens (including phenoxy) is 2. The summed E-state index contributed by atoms with van der Waals surface area (Å²) in [5.74, 6) is -1.51. The van der Waals surface area contributed by atoms with Crippen molar-refractivity contribution in [2.75, 3.05) is 7.11 Å². The first-order valence-electron chi connectivity index (χ1n) is 9.00. The van der Waals surface area contributed by atoms with Gasteiger partial charge in [0.2, 0.25) is 0 Å². The fourth-order valence-electron chi connectivity index (χ4n) is 2.47. The van der Waals surface area contributed by atoms with Gasteiger partial charge in [-0.25, -0.2) is 9.59 Å². The predicted octanol–water partition coefficient (Wildman–Crippen LogP) is 5.26. The highest BCUT2D eigenvalue weighted by atomic mass is 79.9. The molecule has 0 fully saturated rings. The summed E-state index contributed by atoms with van der Waals surface area (Å²) in [5, 5.41) is 9.37. The number of methoxy groups -OCH3 is 1. The molecule has 0 saturated heterocycles. The van der Waals surface area contributed by atoms with Crippen molar-refractivity contribution in [3.8, 4) is 11.5 Å². The van der Waals surface area contributed by atoms with Crippen molar-refractivity contribution in [3.63, 3.8) is 0 Å². The van der Waals surface area contributed by atoms with Crippen LogP contribution in [0.25, 0.3) is 6.08 Å². The predicted molar refractivity (Wildman–Crippen MR) is 121 cm³/mol. The summed E-state index contributed by atoms with van der Waals surface area (Å²) >= 11 is 9.62. The Labute approximate surface area is 188 Å². The summed E-state index contributed by atoms with van der Waals surface area (Å²) < 4.78 is 11.6. The Kier molecular flexibility index (Phi) is 8.62. The number of nitrogens with zero attached hydrogens (tertiary/aromatic N) is 1. The van der Waals surface area contributed by atoms with E-state index >= 15 is 0 Å². The van der Waals surface area contributed by atoms with Gasteiger partial charge in [-0.05, 0) is 47.4 Å². The molecular weight excluding hydrogens is 474 g/mol. The van der Waals surface area contributed by atoms with Gasteiger partial charge in [-0.2, -0.15) is 0 Å². The molecule has 0 aromatic heterocycles. The van der Waals surface area contributed by atoms with Gasteiger partial charge in [0.1, 0.15) is 6.04 Å². The minimum absolute atomic E-state index is 0.0698. The summed E-state index contributed by atoms with van der Waals surface area (Å²) in [6, 6.07) is 9.62. The molecule has 0 bridgehead atoms. The molecule has 0 aliphatic heterocycles. The van der Waals surface area contributed by atoms with Gasteiger partial charge in [-0.15, -0.1) is 0 Å². The fraction of sp³-hybridized carbons (Fsp3) is 0.227. The molecule has 158 valence electrons. The maximum Gasteiger partial charge on any atom is 0.336 e. The van der Waals surface area contributed by atoms with E-state index in [4.69, 9.17) is 21.1 Å². The Morgan fingerprint density at radius 1 is 1.17 bits per heavy atom. The van der Waals surface area contributed by atoms with Crippen LogP contribution in [0.4, 0.5) is 0 Å². The second-order valence-corrected chi connectivity index (χ2v) is 7.97. The number of hydrogen-bond donors (Lipinski definition) is 1. The minimum Gasteiger partial charge on any atom is -0.493 e. The zero-order valence-electron chi connectivity index (χ0n) is 16.6. The lowest BCUT2D eigenvalue weighted by Crippen LogP contribution is -2.24. The Balaban J connectivity index is 2.19. The van der Waals surface area contributed by atoms with Crippen LogP contribution >= 0.6 is 27.5 Å². The summed E-state index contributed by atoms with van der Waals surface area (Å²) in [4.78, 5) is 27.6. The number of aliphatic imine (C=N–C) groups is 1. The van der Waals surface area contributed by atoms with E-state index in [1.54, 1.807) is 26.0 Å². The molecule has 0 radical (unpaired) electrons. The molecular formula is C22H21BrClNO5. The maximum absolute atomic E-state index is 12.2. The number of benzene rings is 2. The molecule has 1 atom stereocenters. The van der Waals surface area contributed by atoms with Crippen LogP contribution in [0.2, 0.25) is 5.02 Å². The van der Waals surface area contributed by atoms with Crippen LogP contribution in [0.1, 0.15) is 25.0 Å². The highest BCUT2D eigenvalue weighted by Gasteiger charge is 2.20. The first kappa shape index (κ1) is 23.6. The molecule has 0 aliphatic carbocycles. The highest BCUT2D eigenvalue weighted by molar-refractivity contribution is 9.10. The molecule has 2 aromatic rings. The van der Waals surface area contributed by atoms with Crippen molar-refractivity contribution in [2.24, 2.45) is 10.9 Å². The molecule has 0 heterocycles. The zero-order chi connectivity index (χ0) is 22.3. The average molecular weight is 495 g/mol. The second kappa shape index (κ2) is 10.9. The molecule has 2 rings (SSSR count). The Hall–Kier alpha value is -2.64. The highest BCUT2D eigenvalue weighted by Crippen LogP contribution is 2.36. The first-order chi connectivity index (χ1) is 14.2. The van der Waals surface area contributed by atoms with Crippen LogP contribution in [0, 0.1) is 5.92 Å². The lowest BCUT2D eigenvalue weighted by atomic mass is 10.1. The Morgan fingerprint density at radius 2 is 1.83 bits per heavy atom. The van der Waals surface area contributed by atoms with Crippen LogP contribution < -0.4 is 9.47 Å². The van der Waals surface area contributed by atoms with Crippen molar-refractivity contribution in [1.82, 2.24) is 0 Å². The van der Waals surface area contributed by atoms with Gasteiger partial charge < -0.3 is 14.6 Å². The molecule has 30 heavy (non-hydrogen) atoms. The van der Waals surface area contributed by atoms with Crippen molar-refractivity contribution in [1.29, 1.82) is 0 Å². The SMILES string of the molecule is COc1cc(/C=N/C(C(=O)O)C(C)C)cc(Cl)c1OC(=O)/C=C/c1ccc(Br)cc1. The van der Waals surface area contributed by atoms with Crippen LogP contribution in [0.5, 0.6) is 11.5 Å². The summed E-state index contributed by atoms with van der Waals surface area (Å²) in [6.45, 7) is 3.54. The topological polar surface area (TPSA) is 85.2 Å². The van der Waals surface area contributed by atoms with Crippen LogP contribution in [-0.2, 0) is 9.59 Å². The molecule has 0 spiro atoms. The number of rotatable bonds is 8. The molecule has 8 heteroatoms. The smallest absolute Gasteiger partial charge is 0.336 e. The van der Waals surface area contributed by atoms with E-state index in [-0.39, 0.29) is 22.4 Å². The summed E-state index contributed by atoms with van der Waals surface area (Å²) in [5.41, 5.74) is 1.35. The lowest BCUT2D eigenvalue weighted by molar-refractivity contribution is -0.139. The van der Waals surface area contributed by atoms with E-state index in [0.29, 0.717) is 5.56 Å². The molecule has 6 nitrogen and oxygen atoms in total. The van der Waals surface area contributed by atoms with Crippen molar-refractivity contribution in [2.45, 2.75) is 19.9 Å². The largest absolute Gasteiger partial charge is 0.493 e. The van der Waals surface area contributed by atoms with Gasteiger partial charge in [-0.3, -0.25) is 4.99 Å². The van der Waals surface area contributed by atoms with Gasteiger partial charge >= 0.3 is 11.9 Å².